The van der Waals surface area contributed by atoms with Gasteiger partial charge in [0.05, 0.1) is 0 Å². The topological polar surface area (TPSA) is 70.2 Å². The quantitative estimate of drug-likeness (QED) is 0.742. The summed E-state index contributed by atoms with van der Waals surface area (Å²) < 4.78 is 28.6. The Morgan fingerprint density at radius 3 is 2.94 bits per heavy atom. The van der Waals surface area contributed by atoms with Gasteiger partial charge in [0.2, 0.25) is 0 Å². The highest BCUT2D eigenvalue weighted by molar-refractivity contribution is 7.87. The van der Waals surface area contributed by atoms with Crippen LogP contribution in [0.15, 0.2) is 24.3 Å². The summed E-state index contributed by atoms with van der Waals surface area (Å²) in [7, 11) is -3.39. The number of para-hydroxylation sites is 1. The molecule has 0 saturated carbocycles. The second-order valence-electron chi connectivity index (χ2n) is 4.45. The molecule has 0 bridgehead atoms. The molecular weight excluding hydrogens is 250 g/mol. The molecule has 1 aromatic rings. The second-order valence-corrected chi connectivity index (χ2v) is 5.99. The Bertz CT molecular complexity index is 502. The van der Waals surface area contributed by atoms with E-state index in [4.69, 9.17) is 0 Å². The lowest BCUT2D eigenvalue weighted by Gasteiger charge is -2.26. The fraction of sp³-hybridized carbons (Fsp3) is 0.500. The average molecular weight is 269 g/mol. The van der Waals surface area contributed by atoms with Crippen LogP contribution < -0.4 is 14.8 Å². The Morgan fingerprint density at radius 1 is 1.39 bits per heavy atom. The normalized spacial score (nSPS) is 19.1. The van der Waals surface area contributed by atoms with E-state index in [0.29, 0.717) is 13.1 Å². The van der Waals surface area contributed by atoms with Crippen molar-refractivity contribution >= 4 is 15.9 Å². The van der Waals surface area contributed by atoms with Crippen LogP contribution in [-0.4, -0.2) is 27.5 Å². The number of nitrogens with one attached hydrogen (secondary N) is 3. The predicted molar refractivity (Wildman–Crippen MR) is 72.8 cm³/mol. The molecule has 1 aliphatic heterocycles. The molecule has 0 spiro atoms. The molecule has 100 valence electrons. The van der Waals surface area contributed by atoms with Crippen LogP contribution in [0.4, 0.5) is 5.69 Å². The molecule has 0 saturated heterocycles. The third kappa shape index (κ3) is 3.44. The average Bonchev–Trinajstić information content (AvgIpc) is 2.36. The van der Waals surface area contributed by atoms with E-state index < -0.39 is 10.2 Å². The van der Waals surface area contributed by atoms with Gasteiger partial charge in [0.1, 0.15) is 0 Å². The van der Waals surface area contributed by atoms with Crippen LogP contribution in [0.25, 0.3) is 0 Å². The van der Waals surface area contributed by atoms with Crippen molar-refractivity contribution in [3.05, 3.63) is 29.8 Å². The van der Waals surface area contributed by atoms with E-state index in [-0.39, 0.29) is 6.04 Å². The van der Waals surface area contributed by atoms with Crippen molar-refractivity contribution in [1.82, 2.24) is 9.44 Å². The standard InChI is InChI=1S/C12H19N3O2S/c1-2-7-14-18(16,17)15-11-8-10-5-3-4-6-12(10)13-9-11/h3-6,11,13-15H,2,7-9H2,1H3. The molecule has 6 heteroatoms. The van der Waals surface area contributed by atoms with E-state index in [1.54, 1.807) is 0 Å². The fourth-order valence-electron chi connectivity index (χ4n) is 2.02. The van der Waals surface area contributed by atoms with Gasteiger partial charge in [0.25, 0.3) is 10.2 Å². The van der Waals surface area contributed by atoms with E-state index >= 15 is 0 Å². The lowest BCUT2D eigenvalue weighted by atomic mass is 10.0. The molecule has 1 atom stereocenters. The van der Waals surface area contributed by atoms with Crippen molar-refractivity contribution in [2.45, 2.75) is 25.8 Å². The number of hydrogen-bond donors (Lipinski definition) is 3. The van der Waals surface area contributed by atoms with Gasteiger partial charge in [-0.15, -0.1) is 0 Å². The number of benzene rings is 1. The lowest BCUT2D eigenvalue weighted by molar-refractivity contribution is 0.535. The number of hydrogen-bond acceptors (Lipinski definition) is 3. The van der Waals surface area contributed by atoms with Gasteiger partial charge in [0.15, 0.2) is 0 Å². The zero-order valence-corrected chi connectivity index (χ0v) is 11.3. The smallest absolute Gasteiger partial charge is 0.277 e. The van der Waals surface area contributed by atoms with Gasteiger partial charge in [0, 0.05) is 24.8 Å². The molecule has 18 heavy (non-hydrogen) atoms. The van der Waals surface area contributed by atoms with Crippen LogP contribution in [0.5, 0.6) is 0 Å². The maximum Gasteiger partial charge on any atom is 0.277 e. The summed E-state index contributed by atoms with van der Waals surface area (Å²) in [4.78, 5) is 0. The van der Waals surface area contributed by atoms with Gasteiger partial charge < -0.3 is 5.32 Å². The van der Waals surface area contributed by atoms with E-state index in [2.05, 4.69) is 14.8 Å². The Morgan fingerprint density at radius 2 is 2.17 bits per heavy atom. The van der Waals surface area contributed by atoms with E-state index in [1.807, 2.05) is 31.2 Å². The SMILES string of the molecule is CCCNS(=O)(=O)NC1CNc2ccccc2C1. The molecule has 1 heterocycles. The molecule has 0 amide bonds. The van der Waals surface area contributed by atoms with E-state index in [9.17, 15) is 8.42 Å². The summed E-state index contributed by atoms with van der Waals surface area (Å²) in [5.41, 5.74) is 2.24. The first-order valence-electron chi connectivity index (χ1n) is 6.19. The summed E-state index contributed by atoms with van der Waals surface area (Å²) in [6, 6.07) is 7.86. The van der Waals surface area contributed by atoms with Crippen LogP contribution in [0.3, 0.4) is 0 Å². The van der Waals surface area contributed by atoms with Crippen molar-refractivity contribution in [2.24, 2.45) is 0 Å². The van der Waals surface area contributed by atoms with Crippen molar-refractivity contribution in [1.29, 1.82) is 0 Å². The highest BCUT2D eigenvalue weighted by atomic mass is 32.2. The third-order valence-corrected chi connectivity index (χ3v) is 4.11. The minimum Gasteiger partial charge on any atom is -0.383 e. The zero-order chi connectivity index (χ0) is 13.0. The number of anilines is 1. The molecule has 0 aromatic heterocycles. The van der Waals surface area contributed by atoms with Gasteiger partial charge in [-0.2, -0.15) is 13.1 Å². The summed E-state index contributed by atoms with van der Waals surface area (Å²) in [6.07, 6.45) is 1.50. The predicted octanol–water partition coefficient (Wildman–Crippen LogP) is 0.857. The van der Waals surface area contributed by atoms with Gasteiger partial charge >= 0.3 is 0 Å². The van der Waals surface area contributed by atoms with E-state index in [0.717, 1.165) is 24.1 Å². The van der Waals surface area contributed by atoms with Crippen LogP contribution in [0.1, 0.15) is 18.9 Å². The van der Waals surface area contributed by atoms with E-state index in [1.165, 1.54) is 0 Å². The van der Waals surface area contributed by atoms with Crippen molar-refractivity contribution in [3.63, 3.8) is 0 Å². The molecule has 0 radical (unpaired) electrons. The van der Waals surface area contributed by atoms with Crippen molar-refractivity contribution in [2.75, 3.05) is 18.4 Å². The van der Waals surface area contributed by atoms with Crippen LogP contribution in [0.2, 0.25) is 0 Å². The largest absolute Gasteiger partial charge is 0.383 e. The summed E-state index contributed by atoms with van der Waals surface area (Å²) in [6.45, 7) is 3.01. The maximum atomic E-state index is 11.7. The summed E-state index contributed by atoms with van der Waals surface area (Å²) >= 11 is 0. The molecule has 0 aliphatic carbocycles. The lowest BCUT2D eigenvalue weighted by Crippen LogP contribution is -2.48. The highest BCUT2D eigenvalue weighted by Gasteiger charge is 2.22. The summed E-state index contributed by atoms with van der Waals surface area (Å²) in [5, 5.41) is 3.24. The number of fused-ring (bicyclic) bond motifs is 1. The molecule has 1 aliphatic rings. The van der Waals surface area contributed by atoms with Crippen molar-refractivity contribution in [3.8, 4) is 0 Å². The minimum atomic E-state index is -3.39. The van der Waals surface area contributed by atoms with Crippen LogP contribution in [0, 0.1) is 0 Å². The Labute approximate surface area is 108 Å². The van der Waals surface area contributed by atoms with Gasteiger partial charge in [-0.05, 0) is 24.5 Å². The first-order chi connectivity index (χ1) is 8.61. The molecule has 3 N–H and O–H groups in total. The number of rotatable bonds is 5. The monoisotopic (exact) mass is 269 g/mol. The first-order valence-corrected chi connectivity index (χ1v) is 7.68. The Kier molecular flexibility index (Phi) is 4.21. The zero-order valence-electron chi connectivity index (χ0n) is 10.4. The molecule has 2 rings (SSSR count). The van der Waals surface area contributed by atoms with Crippen LogP contribution >= 0.6 is 0 Å². The molecule has 1 unspecified atom stereocenters. The Balaban J connectivity index is 1.97. The van der Waals surface area contributed by atoms with Gasteiger partial charge in [-0.1, -0.05) is 25.1 Å². The summed E-state index contributed by atoms with van der Waals surface area (Å²) in [5.74, 6) is 0. The van der Waals surface area contributed by atoms with Gasteiger partial charge in [-0.25, -0.2) is 4.72 Å². The molecule has 0 fully saturated rings. The van der Waals surface area contributed by atoms with Crippen molar-refractivity contribution < 1.29 is 8.42 Å². The third-order valence-electron chi connectivity index (χ3n) is 2.89. The minimum absolute atomic E-state index is 0.103. The molecule has 1 aromatic carbocycles. The molecular formula is C12H19N3O2S. The van der Waals surface area contributed by atoms with Gasteiger partial charge in [-0.3, -0.25) is 0 Å². The fourth-order valence-corrected chi connectivity index (χ4v) is 3.18. The molecule has 5 nitrogen and oxygen atoms in total. The van der Waals surface area contributed by atoms with Crippen LogP contribution in [-0.2, 0) is 16.6 Å². The maximum absolute atomic E-state index is 11.7. The highest BCUT2D eigenvalue weighted by Crippen LogP contribution is 2.21. The first kappa shape index (κ1) is 13.3. The second kappa shape index (κ2) is 5.69. The Hall–Kier alpha value is -1.11.